The summed E-state index contributed by atoms with van der Waals surface area (Å²) in [5.41, 5.74) is 1.10. The highest BCUT2D eigenvalue weighted by atomic mass is 16.6. The molecule has 148 valence electrons. The second-order valence-electron chi connectivity index (χ2n) is 6.24. The van der Waals surface area contributed by atoms with E-state index in [0.717, 1.165) is 5.39 Å². The van der Waals surface area contributed by atoms with Crippen LogP contribution in [0.4, 0.5) is 11.4 Å². The van der Waals surface area contributed by atoms with Crippen molar-refractivity contribution in [2.24, 2.45) is 0 Å². The van der Waals surface area contributed by atoms with Crippen molar-refractivity contribution in [2.45, 2.75) is 6.92 Å². The van der Waals surface area contributed by atoms with Gasteiger partial charge in [-0.2, -0.15) is 0 Å². The van der Waals surface area contributed by atoms with Gasteiger partial charge in [0.25, 0.3) is 11.6 Å². The van der Waals surface area contributed by atoms with Crippen LogP contribution in [0.5, 0.6) is 5.75 Å². The van der Waals surface area contributed by atoms with E-state index in [4.69, 9.17) is 9.47 Å². The Labute approximate surface area is 166 Å². The van der Waals surface area contributed by atoms with Crippen molar-refractivity contribution in [3.05, 3.63) is 75.8 Å². The van der Waals surface area contributed by atoms with Crippen LogP contribution in [0.25, 0.3) is 10.8 Å². The van der Waals surface area contributed by atoms with Gasteiger partial charge in [-0.1, -0.05) is 30.3 Å². The predicted octanol–water partition coefficient (Wildman–Crippen LogP) is 3.86. The molecule has 0 aliphatic heterocycles. The van der Waals surface area contributed by atoms with Gasteiger partial charge in [0.15, 0.2) is 6.61 Å². The summed E-state index contributed by atoms with van der Waals surface area (Å²) >= 11 is 0. The lowest BCUT2D eigenvalue weighted by molar-refractivity contribution is -0.384. The maximum absolute atomic E-state index is 12.5. The Balaban J connectivity index is 1.72. The molecule has 0 radical (unpaired) electrons. The number of hydrogen-bond donors (Lipinski definition) is 1. The molecular weight excluding hydrogens is 376 g/mol. The van der Waals surface area contributed by atoms with Crippen molar-refractivity contribution in [3.63, 3.8) is 0 Å². The van der Waals surface area contributed by atoms with Crippen LogP contribution in [-0.4, -0.2) is 30.5 Å². The van der Waals surface area contributed by atoms with E-state index in [1.165, 1.54) is 18.2 Å². The normalized spacial score (nSPS) is 10.4. The van der Waals surface area contributed by atoms with Crippen LogP contribution in [0, 0.1) is 17.0 Å². The minimum absolute atomic E-state index is 0.146. The highest BCUT2D eigenvalue weighted by molar-refractivity contribution is 6.07. The number of fused-ring (bicyclic) bond motifs is 1. The molecule has 0 aliphatic carbocycles. The van der Waals surface area contributed by atoms with Crippen LogP contribution >= 0.6 is 0 Å². The summed E-state index contributed by atoms with van der Waals surface area (Å²) in [5.74, 6) is -0.634. The number of aryl methyl sites for hydroxylation is 1. The number of carbonyl (C=O) groups is 2. The first kappa shape index (κ1) is 19.8. The summed E-state index contributed by atoms with van der Waals surface area (Å²) in [7, 11) is 1.54. The smallest absolute Gasteiger partial charge is 0.339 e. The van der Waals surface area contributed by atoms with Gasteiger partial charge in [-0.15, -0.1) is 0 Å². The number of nitro benzene ring substituents is 1. The van der Waals surface area contributed by atoms with Gasteiger partial charge < -0.3 is 14.8 Å². The van der Waals surface area contributed by atoms with Crippen LogP contribution in [0.3, 0.4) is 0 Å². The molecule has 0 fully saturated rings. The number of anilines is 1. The topological polar surface area (TPSA) is 108 Å². The third-order valence-electron chi connectivity index (χ3n) is 4.36. The molecule has 0 saturated heterocycles. The highest BCUT2D eigenvalue weighted by Crippen LogP contribution is 2.28. The van der Waals surface area contributed by atoms with Gasteiger partial charge in [0.2, 0.25) is 0 Å². The fourth-order valence-electron chi connectivity index (χ4n) is 2.88. The standard InChI is InChI=1S/C21H18N2O6/c1-13-7-8-14(23(26)27)11-18(13)22-20(24)12-29-21(25)17-9-10-19(28-2)16-6-4-3-5-15(16)17/h3-11H,12H2,1-2H3,(H,22,24). The molecule has 3 aromatic carbocycles. The SMILES string of the molecule is COc1ccc(C(=O)OCC(=O)Nc2cc([N+](=O)[O-])ccc2C)c2ccccc12. The van der Waals surface area contributed by atoms with E-state index >= 15 is 0 Å². The summed E-state index contributed by atoms with van der Waals surface area (Å²) in [4.78, 5) is 35.0. The van der Waals surface area contributed by atoms with Crippen LogP contribution in [0.2, 0.25) is 0 Å². The number of amides is 1. The molecule has 8 heteroatoms. The molecule has 3 rings (SSSR count). The van der Waals surface area contributed by atoms with Gasteiger partial charge in [0, 0.05) is 17.5 Å². The zero-order valence-electron chi connectivity index (χ0n) is 15.8. The first-order chi connectivity index (χ1) is 13.9. The molecule has 1 N–H and O–H groups in total. The average Bonchev–Trinajstić information content (AvgIpc) is 2.72. The van der Waals surface area contributed by atoms with Crippen molar-refractivity contribution >= 4 is 34.0 Å². The Hall–Kier alpha value is -3.94. The third kappa shape index (κ3) is 4.32. The van der Waals surface area contributed by atoms with Gasteiger partial charge in [0.05, 0.1) is 23.3 Å². The van der Waals surface area contributed by atoms with E-state index in [1.807, 2.05) is 12.1 Å². The molecule has 0 bridgehead atoms. The maximum atomic E-state index is 12.5. The Kier molecular flexibility index (Phi) is 5.73. The quantitative estimate of drug-likeness (QED) is 0.386. The number of rotatable bonds is 6. The largest absolute Gasteiger partial charge is 0.496 e. The van der Waals surface area contributed by atoms with Gasteiger partial charge in [0.1, 0.15) is 5.75 Å². The zero-order chi connectivity index (χ0) is 21.0. The summed E-state index contributed by atoms with van der Waals surface area (Å²) in [6.07, 6.45) is 0. The Bertz CT molecular complexity index is 1110. The molecule has 0 unspecified atom stereocenters. The summed E-state index contributed by atoms with van der Waals surface area (Å²) in [5, 5.41) is 14.8. The molecule has 8 nitrogen and oxygen atoms in total. The minimum Gasteiger partial charge on any atom is -0.496 e. The fraction of sp³-hybridized carbons (Fsp3) is 0.143. The highest BCUT2D eigenvalue weighted by Gasteiger charge is 2.16. The van der Waals surface area contributed by atoms with Crippen LogP contribution < -0.4 is 10.1 Å². The Morgan fingerprint density at radius 2 is 1.79 bits per heavy atom. The molecule has 1 amide bonds. The third-order valence-corrected chi connectivity index (χ3v) is 4.36. The van der Waals surface area contributed by atoms with Gasteiger partial charge >= 0.3 is 5.97 Å². The van der Waals surface area contributed by atoms with Gasteiger partial charge in [-0.3, -0.25) is 14.9 Å². The van der Waals surface area contributed by atoms with Crippen molar-refractivity contribution in [3.8, 4) is 5.75 Å². The second kappa shape index (κ2) is 8.39. The molecule has 0 saturated carbocycles. The predicted molar refractivity (Wildman–Crippen MR) is 107 cm³/mol. The molecular formula is C21H18N2O6. The van der Waals surface area contributed by atoms with Crippen molar-refractivity contribution in [2.75, 3.05) is 19.0 Å². The molecule has 29 heavy (non-hydrogen) atoms. The van der Waals surface area contributed by atoms with E-state index in [9.17, 15) is 19.7 Å². The van der Waals surface area contributed by atoms with E-state index in [1.54, 1.807) is 38.3 Å². The molecule has 0 aliphatic rings. The maximum Gasteiger partial charge on any atom is 0.339 e. The van der Waals surface area contributed by atoms with Crippen molar-refractivity contribution in [1.82, 2.24) is 0 Å². The number of nitro groups is 1. The first-order valence-electron chi connectivity index (χ1n) is 8.68. The second-order valence-corrected chi connectivity index (χ2v) is 6.24. The number of non-ortho nitro benzene ring substituents is 1. The van der Waals surface area contributed by atoms with E-state index in [2.05, 4.69) is 5.32 Å². The molecule has 0 spiro atoms. The lowest BCUT2D eigenvalue weighted by Crippen LogP contribution is -2.21. The Morgan fingerprint density at radius 3 is 2.48 bits per heavy atom. The number of methoxy groups -OCH3 is 1. The molecule has 0 aromatic heterocycles. The molecule has 0 heterocycles. The van der Waals surface area contributed by atoms with E-state index in [-0.39, 0.29) is 11.4 Å². The Morgan fingerprint density at radius 1 is 1.07 bits per heavy atom. The monoisotopic (exact) mass is 394 g/mol. The fourth-order valence-corrected chi connectivity index (χ4v) is 2.88. The van der Waals surface area contributed by atoms with Gasteiger partial charge in [-0.25, -0.2) is 4.79 Å². The van der Waals surface area contributed by atoms with Crippen LogP contribution in [0.1, 0.15) is 15.9 Å². The number of hydrogen-bond acceptors (Lipinski definition) is 6. The average molecular weight is 394 g/mol. The number of esters is 1. The lowest BCUT2D eigenvalue weighted by Gasteiger charge is -2.11. The van der Waals surface area contributed by atoms with Crippen LogP contribution in [0.15, 0.2) is 54.6 Å². The molecule has 0 atom stereocenters. The summed E-state index contributed by atoms with van der Waals surface area (Å²) < 4.78 is 10.4. The zero-order valence-corrected chi connectivity index (χ0v) is 15.8. The number of carbonyl (C=O) groups excluding carboxylic acids is 2. The van der Waals surface area contributed by atoms with Gasteiger partial charge in [-0.05, 0) is 30.0 Å². The lowest BCUT2D eigenvalue weighted by atomic mass is 10.0. The minimum atomic E-state index is -0.658. The number of benzene rings is 3. The molecule has 3 aromatic rings. The number of nitrogens with zero attached hydrogens (tertiary/aromatic N) is 1. The van der Waals surface area contributed by atoms with E-state index in [0.29, 0.717) is 22.3 Å². The first-order valence-corrected chi connectivity index (χ1v) is 8.68. The number of nitrogens with one attached hydrogen (secondary N) is 1. The number of ether oxygens (including phenoxy) is 2. The van der Waals surface area contributed by atoms with E-state index < -0.39 is 23.4 Å². The summed E-state index contributed by atoms with van der Waals surface area (Å²) in [6, 6.07) is 14.6. The summed E-state index contributed by atoms with van der Waals surface area (Å²) in [6.45, 7) is 1.18. The van der Waals surface area contributed by atoms with Crippen molar-refractivity contribution < 1.29 is 24.0 Å². The van der Waals surface area contributed by atoms with Crippen molar-refractivity contribution in [1.29, 1.82) is 0 Å². The van der Waals surface area contributed by atoms with Crippen LogP contribution in [-0.2, 0) is 9.53 Å².